The highest BCUT2D eigenvalue weighted by Gasteiger charge is 2.33. The van der Waals surface area contributed by atoms with Crippen molar-refractivity contribution in [2.75, 3.05) is 5.32 Å². The lowest BCUT2D eigenvalue weighted by molar-refractivity contribution is -0.136. The Balaban J connectivity index is 1.82. The number of alkyl halides is 3. The molecular weight excluding hydrogens is 387 g/mol. The van der Waals surface area contributed by atoms with Gasteiger partial charge in [-0.05, 0) is 50.6 Å². The van der Waals surface area contributed by atoms with Gasteiger partial charge in [-0.3, -0.25) is 0 Å². The Morgan fingerprint density at radius 1 is 1.11 bits per heavy atom. The van der Waals surface area contributed by atoms with E-state index in [1.807, 2.05) is 49.9 Å². The number of amides is 2. The third-order valence-corrected chi connectivity index (χ3v) is 5.75. The van der Waals surface area contributed by atoms with Crippen molar-refractivity contribution in [3.8, 4) is 5.00 Å². The molecule has 0 radical (unpaired) electrons. The molecule has 0 saturated heterocycles. The van der Waals surface area contributed by atoms with Crippen LogP contribution in [-0.4, -0.2) is 10.6 Å². The van der Waals surface area contributed by atoms with Crippen molar-refractivity contribution in [3.63, 3.8) is 0 Å². The second-order valence-electron chi connectivity index (χ2n) is 6.46. The zero-order valence-electron chi connectivity index (χ0n) is 15.6. The van der Waals surface area contributed by atoms with Crippen molar-refractivity contribution in [2.24, 2.45) is 0 Å². The predicted molar refractivity (Wildman–Crippen MR) is 105 cm³/mol. The number of aromatic nitrogens is 1. The Bertz CT molecular complexity index is 977. The highest BCUT2D eigenvalue weighted by Crippen LogP contribution is 2.36. The molecule has 2 aromatic heterocycles. The van der Waals surface area contributed by atoms with Gasteiger partial charge in [0.2, 0.25) is 0 Å². The van der Waals surface area contributed by atoms with E-state index in [1.54, 1.807) is 11.3 Å². The molecule has 8 heteroatoms. The second kappa shape index (κ2) is 7.71. The molecule has 0 aliphatic carbocycles. The molecule has 0 unspecified atom stereocenters. The van der Waals surface area contributed by atoms with Crippen LogP contribution in [0.1, 0.15) is 34.5 Å². The molecule has 2 heterocycles. The third kappa shape index (κ3) is 4.06. The monoisotopic (exact) mass is 407 g/mol. The van der Waals surface area contributed by atoms with Crippen LogP contribution < -0.4 is 10.6 Å². The summed E-state index contributed by atoms with van der Waals surface area (Å²) in [4.78, 5) is 13.5. The van der Waals surface area contributed by atoms with Crippen molar-refractivity contribution >= 4 is 23.1 Å². The number of thiophene rings is 1. The summed E-state index contributed by atoms with van der Waals surface area (Å²) in [6, 6.07) is 7.65. The molecule has 148 valence electrons. The molecule has 0 spiro atoms. The number of hydrogen-bond donors (Lipinski definition) is 2. The molecule has 28 heavy (non-hydrogen) atoms. The number of halogens is 3. The van der Waals surface area contributed by atoms with E-state index in [-0.39, 0.29) is 11.7 Å². The number of anilines is 1. The van der Waals surface area contributed by atoms with Crippen LogP contribution in [0.2, 0.25) is 0 Å². The van der Waals surface area contributed by atoms with E-state index in [2.05, 4.69) is 10.6 Å². The molecule has 0 fully saturated rings. The number of urea groups is 1. The Morgan fingerprint density at radius 2 is 1.75 bits per heavy atom. The van der Waals surface area contributed by atoms with Gasteiger partial charge in [0.15, 0.2) is 0 Å². The summed E-state index contributed by atoms with van der Waals surface area (Å²) < 4.78 is 41.3. The zero-order valence-corrected chi connectivity index (χ0v) is 16.4. The van der Waals surface area contributed by atoms with Crippen molar-refractivity contribution < 1.29 is 18.0 Å². The molecule has 0 bridgehead atoms. The van der Waals surface area contributed by atoms with Crippen molar-refractivity contribution in [1.29, 1.82) is 0 Å². The largest absolute Gasteiger partial charge is 0.418 e. The molecule has 2 amide bonds. The molecule has 3 rings (SSSR count). The first-order valence-corrected chi connectivity index (χ1v) is 9.47. The first-order chi connectivity index (χ1) is 13.2. The molecule has 4 nitrogen and oxygen atoms in total. The minimum absolute atomic E-state index is 0.274. The highest BCUT2D eigenvalue weighted by atomic mass is 32.1. The molecule has 2 N–H and O–H groups in total. The van der Waals surface area contributed by atoms with Gasteiger partial charge in [-0.15, -0.1) is 11.3 Å². The third-order valence-electron chi connectivity index (χ3n) is 4.51. The lowest BCUT2D eigenvalue weighted by Gasteiger charge is -2.19. The van der Waals surface area contributed by atoms with E-state index in [9.17, 15) is 18.0 Å². The summed E-state index contributed by atoms with van der Waals surface area (Å²) in [5.74, 6) is 0. The number of nitrogens with zero attached hydrogens (tertiary/aromatic N) is 1. The fourth-order valence-corrected chi connectivity index (χ4v) is 4.28. The van der Waals surface area contributed by atoms with Crippen molar-refractivity contribution in [1.82, 2.24) is 9.88 Å². The van der Waals surface area contributed by atoms with Crippen molar-refractivity contribution in [3.05, 3.63) is 70.4 Å². The summed E-state index contributed by atoms with van der Waals surface area (Å²) in [7, 11) is 0. The minimum atomic E-state index is -4.54. The molecule has 3 aromatic rings. The summed E-state index contributed by atoms with van der Waals surface area (Å²) in [5, 5.41) is 6.06. The van der Waals surface area contributed by atoms with E-state index in [4.69, 9.17) is 0 Å². The number of carbonyl (C=O) groups excluding carboxylic acids is 1. The maximum atomic E-state index is 13.1. The maximum absolute atomic E-state index is 13.1. The molecule has 0 aliphatic heterocycles. The standard InChI is InChI=1S/C20H20F3N3OS/c1-12-14(3)28-18(26-10-6-7-11-26)17(12)13(2)24-19(27)25-16-9-5-4-8-15(16)20(21,22)23/h4-11,13H,1-3H3,(H2,24,25,27)/t13-/m1/s1. The van der Waals surface area contributed by atoms with Gasteiger partial charge in [0.05, 0.1) is 17.3 Å². The van der Waals surface area contributed by atoms with Crippen LogP contribution in [-0.2, 0) is 6.18 Å². The Morgan fingerprint density at radius 3 is 2.39 bits per heavy atom. The van der Waals surface area contributed by atoms with Crippen LogP contribution in [0.3, 0.4) is 0 Å². The Labute approximate surface area is 165 Å². The number of hydrogen-bond acceptors (Lipinski definition) is 2. The van der Waals surface area contributed by atoms with Gasteiger partial charge in [0, 0.05) is 22.8 Å². The van der Waals surface area contributed by atoms with E-state index in [0.717, 1.165) is 27.1 Å². The first-order valence-electron chi connectivity index (χ1n) is 8.65. The van der Waals surface area contributed by atoms with E-state index in [1.165, 1.54) is 18.2 Å². The summed E-state index contributed by atoms with van der Waals surface area (Å²) in [6.45, 7) is 5.79. The number of carbonyl (C=O) groups is 1. The van der Waals surface area contributed by atoms with Crippen molar-refractivity contribution in [2.45, 2.75) is 33.0 Å². The van der Waals surface area contributed by atoms with E-state index in [0.29, 0.717) is 0 Å². The SMILES string of the molecule is Cc1sc(-n2cccc2)c([C@@H](C)NC(=O)Nc2ccccc2C(F)(F)F)c1C. The molecular formula is C20H20F3N3OS. The molecule has 1 atom stereocenters. The minimum Gasteiger partial charge on any atom is -0.331 e. The van der Waals surface area contributed by atoms with E-state index < -0.39 is 17.8 Å². The van der Waals surface area contributed by atoms with E-state index >= 15 is 0 Å². The summed E-state index contributed by atoms with van der Waals surface area (Å²) in [6.07, 6.45) is -0.709. The molecule has 0 aliphatic rings. The van der Waals surface area contributed by atoms with Gasteiger partial charge in [-0.1, -0.05) is 12.1 Å². The smallest absolute Gasteiger partial charge is 0.331 e. The quantitative estimate of drug-likeness (QED) is 0.543. The highest BCUT2D eigenvalue weighted by molar-refractivity contribution is 7.14. The number of benzene rings is 1. The topological polar surface area (TPSA) is 46.1 Å². The lowest BCUT2D eigenvalue weighted by Crippen LogP contribution is -2.32. The van der Waals surface area contributed by atoms with Crippen LogP contribution in [0.25, 0.3) is 5.00 Å². The van der Waals surface area contributed by atoms with Crippen LogP contribution in [0.4, 0.5) is 23.7 Å². The number of nitrogens with one attached hydrogen (secondary N) is 2. The van der Waals surface area contributed by atoms with Crippen LogP contribution in [0, 0.1) is 13.8 Å². The van der Waals surface area contributed by atoms with Gasteiger partial charge >= 0.3 is 12.2 Å². The van der Waals surface area contributed by atoms with Gasteiger partial charge < -0.3 is 15.2 Å². The number of rotatable bonds is 4. The van der Waals surface area contributed by atoms with Gasteiger partial charge in [-0.2, -0.15) is 13.2 Å². The van der Waals surface area contributed by atoms with Gasteiger partial charge in [0.25, 0.3) is 0 Å². The fourth-order valence-electron chi connectivity index (χ4n) is 3.06. The average molecular weight is 407 g/mol. The molecule has 0 saturated carbocycles. The first kappa shape index (κ1) is 20.0. The predicted octanol–water partition coefficient (Wildman–Crippen LogP) is 6.06. The Kier molecular flexibility index (Phi) is 5.51. The van der Waals surface area contributed by atoms with Gasteiger partial charge in [0.1, 0.15) is 5.00 Å². The lowest BCUT2D eigenvalue weighted by atomic mass is 10.1. The van der Waals surface area contributed by atoms with Gasteiger partial charge in [-0.25, -0.2) is 4.79 Å². The maximum Gasteiger partial charge on any atom is 0.418 e. The van der Waals surface area contributed by atoms with Crippen LogP contribution in [0.15, 0.2) is 48.8 Å². The number of aryl methyl sites for hydroxylation is 1. The summed E-state index contributed by atoms with van der Waals surface area (Å²) in [5.41, 5.74) is 0.840. The Hall–Kier alpha value is -2.74. The summed E-state index contributed by atoms with van der Waals surface area (Å²) >= 11 is 1.61. The zero-order chi connectivity index (χ0) is 20.5. The normalized spacial score (nSPS) is 12.6. The molecule has 1 aromatic carbocycles. The van der Waals surface area contributed by atoms with Crippen LogP contribution >= 0.6 is 11.3 Å². The number of para-hydroxylation sites is 1. The van der Waals surface area contributed by atoms with Crippen LogP contribution in [0.5, 0.6) is 0 Å². The fraction of sp³-hybridized carbons (Fsp3) is 0.250. The average Bonchev–Trinajstić information content (AvgIpc) is 3.23. The second-order valence-corrected chi connectivity index (χ2v) is 7.66.